The van der Waals surface area contributed by atoms with Crippen molar-refractivity contribution >= 4 is 5.97 Å². The number of nitrogens with zero attached hydrogens (tertiary/aromatic N) is 3. The maximum atomic E-state index is 12.8. The summed E-state index contributed by atoms with van der Waals surface area (Å²) in [4.78, 5) is 11.3. The normalized spacial score (nSPS) is 12.4. The molecule has 1 aromatic carbocycles. The molecule has 8 heteroatoms. The first kappa shape index (κ1) is 17.0. The second kappa shape index (κ2) is 5.68. The number of carbonyl (C=O) groups is 1. The highest BCUT2D eigenvalue weighted by molar-refractivity contribution is 5.86. The SMILES string of the molecule is CC(C)(C)c1c(C(=O)O)nnn1Cc1cccc(C(F)(F)F)c1. The molecule has 1 aromatic heterocycles. The van der Waals surface area contributed by atoms with E-state index in [1.807, 2.05) is 0 Å². The third-order valence-corrected chi connectivity index (χ3v) is 3.23. The predicted octanol–water partition coefficient (Wildman–Crippen LogP) is 3.34. The zero-order chi connectivity index (χ0) is 17.4. The zero-order valence-corrected chi connectivity index (χ0v) is 12.8. The fraction of sp³-hybridized carbons (Fsp3) is 0.400. The van der Waals surface area contributed by atoms with E-state index >= 15 is 0 Å². The Bertz CT molecular complexity index is 730. The molecule has 0 amide bonds. The number of carboxylic acid groups (broad SMARTS) is 1. The number of alkyl halides is 3. The Morgan fingerprint density at radius 3 is 2.43 bits per heavy atom. The van der Waals surface area contributed by atoms with Crippen LogP contribution in [0.5, 0.6) is 0 Å². The fourth-order valence-electron chi connectivity index (χ4n) is 2.33. The number of aromatic carboxylic acids is 1. The first-order valence-corrected chi connectivity index (χ1v) is 6.83. The summed E-state index contributed by atoms with van der Waals surface area (Å²) in [6.45, 7) is 5.39. The zero-order valence-electron chi connectivity index (χ0n) is 12.8. The van der Waals surface area contributed by atoms with Crippen molar-refractivity contribution in [2.45, 2.75) is 38.9 Å². The van der Waals surface area contributed by atoms with Gasteiger partial charge in [0.1, 0.15) is 0 Å². The summed E-state index contributed by atoms with van der Waals surface area (Å²) in [5.74, 6) is -1.22. The van der Waals surface area contributed by atoms with Gasteiger partial charge in [0.25, 0.3) is 0 Å². The van der Waals surface area contributed by atoms with E-state index in [2.05, 4.69) is 10.3 Å². The van der Waals surface area contributed by atoms with Crippen molar-refractivity contribution in [2.24, 2.45) is 0 Å². The van der Waals surface area contributed by atoms with E-state index in [0.717, 1.165) is 12.1 Å². The minimum Gasteiger partial charge on any atom is -0.476 e. The monoisotopic (exact) mass is 327 g/mol. The molecule has 0 radical (unpaired) electrons. The van der Waals surface area contributed by atoms with Gasteiger partial charge in [-0.05, 0) is 17.7 Å². The van der Waals surface area contributed by atoms with Crippen LogP contribution in [0.25, 0.3) is 0 Å². The summed E-state index contributed by atoms with van der Waals surface area (Å²) in [7, 11) is 0. The third kappa shape index (κ3) is 3.69. The van der Waals surface area contributed by atoms with E-state index in [0.29, 0.717) is 11.3 Å². The highest BCUT2D eigenvalue weighted by Gasteiger charge is 2.31. The molecule has 5 nitrogen and oxygen atoms in total. The van der Waals surface area contributed by atoms with Crippen molar-refractivity contribution in [3.05, 3.63) is 46.8 Å². The van der Waals surface area contributed by atoms with E-state index in [-0.39, 0.29) is 12.2 Å². The lowest BCUT2D eigenvalue weighted by Crippen LogP contribution is -2.22. The van der Waals surface area contributed by atoms with E-state index < -0.39 is 23.1 Å². The van der Waals surface area contributed by atoms with Crippen LogP contribution < -0.4 is 0 Å². The van der Waals surface area contributed by atoms with Gasteiger partial charge in [-0.1, -0.05) is 38.1 Å². The van der Waals surface area contributed by atoms with Gasteiger partial charge in [-0.15, -0.1) is 5.10 Å². The van der Waals surface area contributed by atoms with Gasteiger partial charge in [-0.2, -0.15) is 13.2 Å². The molecule has 0 aliphatic heterocycles. The largest absolute Gasteiger partial charge is 0.476 e. The Labute approximate surface area is 130 Å². The molecule has 0 aliphatic carbocycles. The molecular weight excluding hydrogens is 311 g/mol. The van der Waals surface area contributed by atoms with E-state index in [1.54, 1.807) is 20.8 Å². The van der Waals surface area contributed by atoms with Gasteiger partial charge in [-0.25, -0.2) is 9.48 Å². The van der Waals surface area contributed by atoms with E-state index in [1.165, 1.54) is 16.8 Å². The van der Waals surface area contributed by atoms with Gasteiger partial charge in [0.15, 0.2) is 5.69 Å². The van der Waals surface area contributed by atoms with Crippen LogP contribution in [0, 0.1) is 0 Å². The van der Waals surface area contributed by atoms with Crippen LogP contribution in [-0.4, -0.2) is 26.1 Å². The summed E-state index contributed by atoms with van der Waals surface area (Å²) < 4.78 is 39.7. The second-order valence-corrected chi connectivity index (χ2v) is 6.20. The average molecular weight is 327 g/mol. The van der Waals surface area contributed by atoms with Crippen LogP contribution in [0.2, 0.25) is 0 Å². The summed E-state index contributed by atoms with van der Waals surface area (Å²) in [5, 5.41) is 16.6. The Balaban J connectivity index is 2.44. The molecular formula is C15H16F3N3O2. The van der Waals surface area contributed by atoms with E-state index in [4.69, 9.17) is 0 Å². The summed E-state index contributed by atoms with van der Waals surface area (Å²) in [5.41, 5.74) is -0.788. The first-order chi connectivity index (χ1) is 10.5. The Hall–Kier alpha value is -2.38. The summed E-state index contributed by atoms with van der Waals surface area (Å²) in [6.07, 6.45) is -4.43. The molecule has 1 N–H and O–H groups in total. The van der Waals surface area contributed by atoms with Crippen LogP contribution in [-0.2, 0) is 18.1 Å². The number of carboxylic acids is 1. The molecule has 0 saturated heterocycles. The first-order valence-electron chi connectivity index (χ1n) is 6.83. The Morgan fingerprint density at radius 1 is 1.26 bits per heavy atom. The van der Waals surface area contributed by atoms with Gasteiger partial charge in [-0.3, -0.25) is 0 Å². The standard InChI is InChI=1S/C15H16F3N3O2/c1-14(2,3)12-11(13(22)23)19-20-21(12)8-9-5-4-6-10(7-9)15(16,17)18/h4-7H,8H2,1-3H3,(H,22,23). The molecule has 0 aliphatic rings. The van der Waals surface area contributed by atoms with Gasteiger partial charge in [0, 0.05) is 5.41 Å². The molecule has 23 heavy (non-hydrogen) atoms. The lowest BCUT2D eigenvalue weighted by molar-refractivity contribution is -0.137. The highest BCUT2D eigenvalue weighted by atomic mass is 19.4. The lowest BCUT2D eigenvalue weighted by atomic mass is 9.90. The topological polar surface area (TPSA) is 68.0 Å². The van der Waals surface area contributed by atoms with Crippen molar-refractivity contribution in [1.29, 1.82) is 0 Å². The average Bonchev–Trinajstić information content (AvgIpc) is 2.82. The lowest BCUT2D eigenvalue weighted by Gasteiger charge is -2.20. The van der Waals surface area contributed by atoms with Crippen molar-refractivity contribution in [3.63, 3.8) is 0 Å². The number of hydrogen-bond acceptors (Lipinski definition) is 3. The molecule has 0 unspecified atom stereocenters. The van der Waals surface area contributed by atoms with E-state index in [9.17, 15) is 23.1 Å². The smallest absolute Gasteiger partial charge is 0.416 e. The van der Waals surface area contributed by atoms with Crippen LogP contribution in [0.3, 0.4) is 0 Å². The van der Waals surface area contributed by atoms with Crippen molar-refractivity contribution in [3.8, 4) is 0 Å². The number of hydrogen-bond donors (Lipinski definition) is 1. The maximum absolute atomic E-state index is 12.8. The number of aromatic nitrogens is 3. The molecule has 2 rings (SSSR count). The van der Waals surface area contributed by atoms with Gasteiger partial charge < -0.3 is 5.11 Å². The van der Waals surface area contributed by atoms with Crippen LogP contribution in [0.4, 0.5) is 13.2 Å². The Morgan fingerprint density at radius 2 is 1.91 bits per heavy atom. The molecule has 0 spiro atoms. The maximum Gasteiger partial charge on any atom is 0.416 e. The van der Waals surface area contributed by atoms with Crippen LogP contribution in [0.15, 0.2) is 24.3 Å². The molecule has 1 heterocycles. The van der Waals surface area contributed by atoms with Crippen molar-refractivity contribution in [2.75, 3.05) is 0 Å². The van der Waals surface area contributed by atoms with Gasteiger partial charge >= 0.3 is 12.1 Å². The molecule has 0 saturated carbocycles. The fourth-order valence-corrected chi connectivity index (χ4v) is 2.33. The Kier molecular flexibility index (Phi) is 4.19. The molecule has 0 fully saturated rings. The summed E-state index contributed by atoms with van der Waals surface area (Å²) in [6, 6.07) is 4.85. The number of halogens is 3. The highest BCUT2D eigenvalue weighted by Crippen LogP contribution is 2.30. The van der Waals surface area contributed by atoms with Gasteiger partial charge in [0.2, 0.25) is 0 Å². The molecule has 0 bridgehead atoms. The summed E-state index contributed by atoms with van der Waals surface area (Å²) >= 11 is 0. The number of rotatable bonds is 3. The van der Waals surface area contributed by atoms with Crippen molar-refractivity contribution in [1.82, 2.24) is 15.0 Å². The second-order valence-electron chi connectivity index (χ2n) is 6.20. The van der Waals surface area contributed by atoms with Crippen LogP contribution in [0.1, 0.15) is 48.1 Å². The van der Waals surface area contributed by atoms with Crippen LogP contribution >= 0.6 is 0 Å². The number of benzene rings is 1. The minimum absolute atomic E-state index is 0.0107. The molecule has 0 atom stereocenters. The van der Waals surface area contributed by atoms with Gasteiger partial charge in [0.05, 0.1) is 17.8 Å². The quantitative estimate of drug-likeness (QED) is 0.939. The van der Waals surface area contributed by atoms with Crippen molar-refractivity contribution < 1.29 is 23.1 Å². The molecule has 2 aromatic rings. The predicted molar refractivity (Wildman–Crippen MR) is 76.2 cm³/mol. The third-order valence-electron chi connectivity index (χ3n) is 3.23. The minimum atomic E-state index is -4.43. The molecule has 124 valence electrons.